The molecule has 0 atom stereocenters. The fourth-order valence-electron chi connectivity index (χ4n) is 2.69. The molecular formula is C16H23BrN2O3. The monoisotopic (exact) mass is 370 g/mol. The number of halogens is 1. The summed E-state index contributed by atoms with van der Waals surface area (Å²) in [6.45, 7) is 7.59. The molecule has 1 aliphatic heterocycles. The third-order valence-electron chi connectivity index (χ3n) is 4.02. The number of hydrogen-bond donors (Lipinski definition) is 0. The van der Waals surface area contributed by atoms with Crippen molar-refractivity contribution in [1.82, 2.24) is 9.80 Å². The fraction of sp³-hybridized carbons (Fsp3) is 0.562. The highest BCUT2D eigenvalue weighted by Gasteiger charge is 2.28. The zero-order valence-corrected chi connectivity index (χ0v) is 15.1. The lowest BCUT2D eigenvalue weighted by Crippen LogP contribution is -2.50. The minimum absolute atomic E-state index is 0.0374. The van der Waals surface area contributed by atoms with Gasteiger partial charge in [-0.2, -0.15) is 0 Å². The van der Waals surface area contributed by atoms with Gasteiger partial charge in [0.05, 0.1) is 14.2 Å². The maximum absolute atomic E-state index is 12.9. The van der Waals surface area contributed by atoms with Gasteiger partial charge in [0.1, 0.15) is 17.1 Å². The standard InChI is InChI=1S/C16H23BrN2O3/c1-11(2)18-5-7-19(8-6-18)16(20)15-13(21-3)9-12(17)10-14(15)22-4/h9-11H,5-8H2,1-4H3. The van der Waals surface area contributed by atoms with E-state index in [2.05, 4.69) is 34.7 Å². The highest BCUT2D eigenvalue weighted by Crippen LogP contribution is 2.34. The zero-order valence-electron chi connectivity index (χ0n) is 13.6. The predicted molar refractivity (Wildman–Crippen MR) is 89.9 cm³/mol. The maximum Gasteiger partial charge on any atom is 0.261 e. The average Bonchev–Trinajstić information content (AvgIpc) is 2.53. The predicted octanol–water partition coefficient (Wildman–Crippen LogP) is 2.63. The number of piperazine rings is 1. The van der Waals surface area contributed by atoms with E-state index in [4.69, 9.17) is 9.47 Å². The molecule has 2 rings (SSSR count). The van der Waals surface area contributed by atoms with Crippen molar-refractivity contribution in [2.75, 3.05) is 40.4 Å². The van der Waals surface area contributed by atoms with Gasteiger partial charge < -0.3 is 14.4 Å². The SMILES string of the molecule is COc1cc(Br)cc(OC)c1C(=O)N1CCN(C(C)C)CC1. The first-order valence-electron chi connectivity index (χ1n) is 7.42. The molecule has 1 aliphatic rings. The molecule has 6 heteroatoms. The summed E-state index contributed by atoms with van der Waals surface area (Å²) in [5, 5.41) is 0. The molecular weight excluding hydrogens is 348 g/mol. The molecule has 5 nitrogen and oxygen atoms in total. The van der Waals surface area contributed by atoms with Gasteiger partial charge in [0.25, 0.3) is 5.91 Å². The van der Waals surface area contributed by atoms with E-state index in [1.807, 2.05) is 4.90 Å². The van der Waals surface area contributed by atoms with Crippen LogP contribution in [-0.4, -0.2) is 62.1 Å². The molecule has 22 heavy (non-hydrogen) atoms. The van der Waals surface area contributed by atoms with Gasteiger partial charge >= 0.3 is 0 Å². The molecule has 0 bridgehead atoms. The Labute approximate surface area is 140 Å². The second-order valence-corrected chi connectivity index (χ2v) is 6.52. The Balaban J connectivity index is 2.23. The van der Waals surface area contributed by atoms with E-state index < -0.39 is 0 Å². The van der Waals surface area contributed by atoms with Gasteiger partial charge in [-0.25, -0.2) is 0 Å². The second kappa shape index (κ2) is 7.33. The number of rotatable bonds is 4. The molecule has 1 aromatic carbocycles. The molecule has 0 aromatic heterocycles. The average molecular weight is 371 g/mol. The number of hydrogen-bond acceptors (Lipinski definition) is 4. The van der Waals surface area contributed by atoms with Crippen LogP contribution in [-0.2, 0) is 0 Å². The van der Waals surface area contributed by atoms with Crippen molar-refractivity contribution in [3.63, 3.8) is 0 Å². The Bertz CT molecular complexity index is 515. The number of ether oxygens (including phenoxy) is 2. The van der Waals surface area contributed by atoms with Gasteiger partial charge in [-0.1, -0.05) is 15.9 Å². The normalized spacial score (nSPS) is 16.0. The van der Waals surface area contributed by atoms with E-state index in [-0.39, 0.29) is 5.91 Å². The summed E-state index contributed by atoms with van der Waals surface area (Å²) < 4.78 is 11.6. The van der Waals surface area contributed by atoms with Crippen LogP contribution in [0.5, 0.6) is 11.5 Å². The van der Waals surface area contributed by atoms with E-state index in [0.29, 0.717) is 23.1 Å². The number of carbonyl (C=O) groups excluding carboxylic acids is 1. The lowest BCUT2D eigenvalue weighted by atomic mass is 10.1. The first-order chi connectivity index (χ1) is 10.5. The van der Waals surface area contributed by atoms with Crippen LogP contribution >= 0.6 is 15.9 Å². The Morgan fingerprint density at radius 1 is 1.09 bits per heavy atom. The third-order valence-corrected chi connectivity index (χ3v) is 4.47. The Morgan fingerprint density at radius 3 is 2.00 bits per heavy atom. The van der Waals surface area contributed by atoms with Gasteiger partial charge in [0, 0.05) is 36.7 Å². The summed E-state index contributed by atoms with van der Waals surface area (Å²) in [6.07, 6.45) is 0. The van der Waals surface area contributed by atoms with Crippen molar-refractivity contribution < 1.29 is 14.3 Å². The molecule has 0 N–H and O–H groups in total. The molecule has 1 saturated heterocycles. The molecule has 0 unspecified atom stereocenters. The molecule has 0 radical (unpaired) electrons. The Hall–Kier alpha value is -1.27. The zero-order chi connectivity index (χ0) is 16.3. The topological polar surface area (TPSA) is 42.0 Å². The molecule has 1 amide bonds. The second-order valence-electron chi connectivity index (χ2n) is 5.61. The third kappa shape index (κ3) is 3.55. The fourth-order valence-corrected chi connectivity index (χ4v) is 3.11. The van der Waals surface area contributed by atoms with Crippen LogP contribution < -0.4 is 9.47 Å². The van der Waals surface area contributed by atoms with Crippen LogP contribution in [0.1, 0.15) is 24.2 Å². The van der Waals surface area contributed by atoms with E-state index in [1.165, 1.54) is 0 Å². The summed E-state index contributed by atoms with van der Waals surface area (Å²) in [4.78, 5) is 17.1. The molecule has 0 spiro atoms. The van der Waals surface area contributed by atoms with E-state index in [9.17, 15) is 4.79 Å². The van der Waals surface area contributed by atoms with Crippen LogP contribution in [0.25, 0.3) is 0 Å². The summed E-state index contributed by atoms with van der Waals surface area (Å²) in [5.74, 6) is 1.02. The number of nitrogens with zero attached hydrogens (tertiary/aromatic N) is 2. The number of benzene rings is 1. The van der Waals surface area contributed by atoms with Crippen molar-refractivity contribution in [2.45, 2.75) is 19.9 Å². The molecule has 0 saturated carbocycles. The highest BCUT2D eigenvalue weighted by atomic mass is 79.9. The first-order valence-corrected chi connectivity index (χ1v) is 8.22. The smallest absolute Gasteiger partial charge is 0.261 e. The van der Waals surface area contributed by atoms with Gasteiger partial charge in [0.15, 0.2) is 0 Å². The van der Waals surface area contributed by atoms with E-state index in [0.717, 1.165) is 30.7 Å². The molecule has 1 heterocycles. The van der Waals surface area contributed by atoms with Crippen molar-refractivity contribution in [2.24, 2.45) is 0 Å². The van der Waals surface area contributed by atoms with Gasteiger partial charge in [-0.05, 0) is 26.0 Å². The molecule has 122 valence electrons. The minimum Gasteiger partial charge on any atom is -0.496 e. The number of amides is 1. The Morgan fingerprint density at radius 2 is 1.59 bits per heavy atom. The summed E-state index contributed by atoms with van der Waals surface area (Å²) in [5.41, 5.74) is 0.492. The van der Waals surface area contributed by atoms with Gasteiger partial charge in [-0.15, -0.1) is 0 Å². The first kappa shape index (κ1) is 17.1. The van der Waals surface area contributed by atoms with Crippen LogP contribution in [0.4, 0.5) is 0 Å². The van der Waals surface area contributed by atoms with Crippen LogP contribution in [0.15, 0.2) is 16.6 Å². The van der Waals surface area contributed by atoms with Crippen molar-refractivity contribution in [1.29, 1.82) is 0 Å². The van der Waals surface area contributed by atoms with Crippen LogP contribution in [0, 0.1) is 0 Å². The summed E-state index contributed by atoms with van der Waals surface area (Å²) >= 11 is 3.41. The quantitative estimate of drug-likeness (QED) is 0.816. The molecule has 0 aliphatic carbocycles. The van der Waals surface area contributed by atoms with Gasteiger partial charge in [-0.3, -0.25) is 9.69 Å². The van der Waals surface area contributed by atoms with Gasteiger partial charge in [0.2, 0.25) is 0 Å². The van der Waals surface area contributed by atoms with Crippen LogP contribution in [0.3, 0.4) is 0 Å². The Kier molecular flexibility index (Phi) is 5.69. The maximum atomic E-state index is 12.9. The molecule has 1 fully saturated rings. The van der Waals surface area contributed by atoms with E-state index >= 15 is 0 Å². The van der Waals surface area contributed by atoms with Crippen molar-refractivity contribution >= 4 is 21.8 Å². The molecule has 1 aromatic rings. The largest absolute Gasteiger partial charge is 0.496 e. The number of methoxy groups -OCH3 is 2. The summed E-state index contributed by atoms with van der Waals surface area (Å²) in [6, 6.07) is 4.09. The lowest BCUT2D eigenvalue weighted by Gasteiger charge is -2.37. The summed E-state index contributed by atoms with van der Waals surface area (Å²) in [7, 11) is 3.13. The van der Waals surface area contributed by atoms with Crippen LogP contribution in [0.2, 0.25) is 0 Å². The minimum atomic E-state index is -0.0374. The van der Waals surface area contributed by atoms with Crippen molar-refractivity contribution in [3.05, 3.63) is 22.2 Å². The highest BCUT2D eigenvalue weighted by molar-refractivity contribution is 9.10. The lowest BCUT2D eigenvalue weighted by molar-refractivity contribution is 0.0589. The van der Waals surface area contributed by atoms with E-state index in [1.54, 1.807) is 26.4 Å². The van der Waals surface area contributed by atoms with Crippen molar-refractivity contribution in [3.8, 4) is 11.5 Å². The number of carbonyl (C=O) groups is 1.